The standard InChI is InChI=1S/C20H18ClN5O2/c21-15-7-12(18-10-22-3-4-23-18)5-13-6-14(28-19(13)15)9-24-20(27)17-8-16(25-26-17)11-1-2-11/h3-5,7-8,10-11,14H,1-2,6,9H2,(H,24,27)(H,25,26)/t14-/m1/s1. The van der Waals surface area contributed by atoms with Gasteiger partial charge in [-0.15, -0.1) is 0 Å². The highest BCUT2D eigenvalue weighted by Crippen LogP contribution is 2.40. The Morgan fingerprint density at radius 3 is 2.96 bits per heavy atom. The van der Waals surface area contributed by atoms with Crippen molar-refractivity contribution < 1.29 is 9.53 Å². The van der Waals surface area contributed by atoms with E-state index < -0.39 is 0 Å². The molecule has 1 fully saturated rings. The lowest BCUT2D eigenvalue weighted by molar-refractivity contribution is 0.0928. The van der Waals surface area contributed by atoms with E-state index in [9.17, 15) is 4.79 Å². The van der Waals surface area contributed by atoms with Crippen molar-refractivity contribution >= 4 is 17.5 Å². The van der Waals surface area contributed by atoms with Gasteiger partial charge in [-0.05, 0) is 31.0 Å². The number of fused-ring (bicyclic) bond motifs is 1. The number of nitrogens with one attached hydrogen (secondary N) is 2. The molecule has 0 unspecified atom stereocenters. The van der Waals surface area contributed by atoms with Crippen LogP contribution in [0.5, 0.6) is 5.75 Å². The summed E-state index contributed by atoms with van der Waals surface area (Å²) >= 11 is 6.41. The maximum atomic E-state index is 12.3. The Bertz CT molecular complexity index is 1030. The maximum absolute atomic E-state index is 12.3. The van der Waals surface area contributed by atoms with E-state index in [0.717, 1.165) is 35.4 Å². The highest BCUT2D eigenvalue weighted by molar-refractivity contribution is 6.32. The summed E-state index contributed by atoms with van der Waals surface area (Å²) in [7, 11) is 0. The minimum atomic E-state index is -0.200. The van der Waals surface area contributed by atoms with E-state index in [4.69, 9.17) is 16.3 Å². The summed E-state index contributed by atoms with van der Waals surface area (Å²) in [5, 5.41) is 10.5. The van der Waals surface area contributed by atoms with E-state index >= 15 is 0 Å². The number of aromatic amines is 1. The van der Waals surface area contributed by atoms with Crippen LogP contribution in [0, 0.1) is 0 Å². The van der Waals surface area contributed by atoms with Crippen LogP contribution < -0.4 is 10.1 Å². The zero-order valence-corrected chi connectivity index (χ0v) is 15.7. The summed E-state index contributed by atoms with van der Waals surface area (Å²) in [4.78, 5) is 20.8. The Labute approximate surface area is 166 Å². The first kappa shape index (κ1) is 17.2. The molecule has 7 nitrogen and oxygen atoms in total. The summed E-state index contributed by atoms with van der Waals surface area (Å²) in [5.74, 6) is 1.01. The van der Waals surface area contributed by atoms with Gasteiger partial charge in [-0.2, -0.15) is 5.10 Å². The van der Waals surface area contributed by atoms with Crippen LogP contribution in [0.3, 0.4) is 0 Å². The molecule has 3 heterocycles. The second-order valence-electron chi connectivity index (χ2n) is 7.17. The molecule has 1 amide bonds. The Hall–Kier alpha value is -2.93. The van der Waals surface area contributed by atoms with Gasteiger partial charge in [0, 0.05) is 41.6 Å². The number of carbonyl (C=O) groups is 1. The predicted octanol–water partition coefficient (Wildman–Crippen LogP) is 3.13. The lowest BCUT2D eigenvalue weighted by Crippen LogP contribution is -2.34. The van der Waals surface area contributed by atoms with Crippen molar-refractivity contribution in [2.75, 3.05) is 6.54 Å². The second kappa shape index (κ2) is 6.91. The fraction of sp³-hybridized carbons (Fsp3) is 0.300. The first-order valence-electron chi connectivity index (χ1n) is 9.26. The van der Waals surface area contributed by atoms with Crippen molar-refractivity contribution in [1.29, 1.82) is 0 Å². The van der Waals surface area contributed by atoms with Crippen molar-refractivity contribution in [3.8, 4) is 17.0 Å². The normalized spacial score (nSPS) is 17.8. The number of ether oxygens (including phenoxy) is 1. The third-order valence-electron chi connectivity index (χ3n) is 5.05. The zero-order chi connectivity index (χ0) is 19.1. The van der Waals surface area contributed by atoms with Gasteiger partial charge < -0.3 is 10.1 Å². The summed E-state index contributed by atoms with van der Waals surface area (Å²) in [5.41, 5.74) is 4.12. The minimum absolute atomic E-state index is 0.171. The van der Waals surface area contributed by atoms with Gasteiger partial charge in [0.05, 0.1) is 23.5 Å². The molecule has 8 heteroatoms. The molecule has 142 valence electrons. The molecule has 0 saturated heterocycles. The molecule has 1 saturated carbocycles. The molecule has 2 aromatic heterocycles. The van der Waals surface area contributed by atoms with Crippen LogP contribution >= 0.6 is 11.6 Å². The molecule has 1 aliphatic heterocycles. The predicted molar refractivity (Wildman–Crippen MR) is 103 cm³/mol. The number of nitrogens with zero attached hydrogens (tertiary/aromatic N) is 3. The van der Waals surface area contributed by atoms with Gasteiger partial charge in [-0.25, -0.2) is 0 Å². The van der Waals surface area contributed by atoms with E-state index in [1.54, 1.807) is 18.6 Å². The van der Waals surface area contributed by atoms with E-state index in [2.05, 4.69) is 25.5 Å². The Morgan fingerprint density at radius 1 is 1.29 bits per heavy atom. The van der Waals surface area contributed by atoms with Crippen molar-refractivity contribution in [3.63, 3.8) is 0 Å². The van der Waals surface area contributed by atoms with Crippen LogP contribution in [0.4, 0.5) is 0 Å². The van der Waals surface area contributed by atoms with Crippen LogP contribution in [0.2, 0.25) is 5.02 Å². The van der Waals surface area contributed by atoms with E-state index in [-0.39, 0.29) is 12.0 Å². The number of carbonyl (C=O) groups excluding carboxylic acids is 1. The average molecular weight is 396 g/mol. The van der Waals surface area contributed by atoms with Crippen molar-refractivity contribution in [1.82, 2.24) is 25.5 Å². The van der Waals surface area contributed by atoms with Gasteiger partial charge in [0.1, 0.15) is 17.5 Å². The quantitative estimate of drug-likeness (QED) is 0.692. The lowest BCUT2D eigenvalue weighted by Gasteiger charge is -2.11. The molecular formula is C20H18ClN5O2. The largest absolute Gasteiger partial charge is 0.486 e. The molecule has 0 spiro atoms. The molecular weight excluding hydrogens is 378 g/mol. The van der Waals surface area contributed by atoms with Gasteiger partial charge in [0.25, 0.3) is 5.91 Å². The molecule has 2 N–H and O–H groups in total. The lowest BCUT2D eigenvalue weighted by atomic mass is 10.0. The molecule has 28 heavy (non-hydrogen) atoms. The Kier molecular flexibility index (Phi) is 4.24. The van der Waals surface area contributed by atoms with Gasteiger partial charge >= 0.3 is 0 Å². The number of rotatable bonds is 5. The third-order valence-corrected chi connectivity index (χ3v) is 5.33. The SMILES string of the molecule is O=C(NC[C@H]1Cc2cc(-c3cnccn3)cc(Cl)c2O1)c1cc(C2CC2)[nH]n1. The molecule has 1 atom stereocenters. The fourth-order valence-corrected chi connectivity index (χ4v) is 3.73. The monoisotopic (exact) mass is 395 g/mol. The summed E-state index contributed by atoms with van der Waals surface area (Å²) < 4.78 is 5.96. The Balaban J connectivity index is 1.25. The van der Waals surface area contributed by atoms with Crippen LogP contribution in [0.1, 0.15) is 40.5 Å². The number of amides is 1. The number of hydrogen-bond donors (Lipinski definition) is 2. The highest BCUT2D eigenvalue weighted by Gasteiger charge is 2.28. The first-order chi connectivity index (χ1) is 13.7. The molecule has 0 radical (unpaired) electrons. The molecule has 5 rings (SSSR count). The van der Waals surface area contributed by atoms with Crippen LogP contribution in [0.25, 0.3) is 11.3 Å². The first-order valence-corrected chi connectivity index (χ1v) is 9.64. The van der Waals surface area contributed by atoms with Crippen molar-refractivity contribution in [2.24, 2.45) is 0 Å². The molecule has 1 aromatic carbocycles. The Morgan fingerprint density at radius 2 is 2.18 bits per heavy atom. The summed E-state index contributed by atoms with van der Waals surface area (Å²) in [6, 6.07) is 5.68. The second-order valence-corrected chi connectivity index (χ2v) is 7.58. The van der Waals surface area contributed by atoms with E-state index in [0.29, 0.717) is 35.3 Å². The number of benzene rings is 1. The minimum Gasteiger partial charge on any atom is -0.486 e. The van der Waals surface area contributed by atoms with Gasteiger partial charge in [0.2, 0.25) is 0 Å². The van der Waals surface area contributed by atoms with Gasteiger partial charge in [-0.3, -0.25) is 19.9 Å². The summed E-state index contributed by atoms with van der Waals surface area (Å²) in [6.07, 6.45) is 7.80. The number of H-pyrrole nitrogens is 1. The molecule has 1 aliphatic carbocycles. The van der Waals surface area contributed by atoms with Gasteiger partial charge in [-0.1, -0.05) is 11.6 Å². The summed E-state index contributed by atoms with van der Waals surface area (Å²) in [6.45, 7) is 0.385. The smallest absolute Gasteiger partial charge is 0.271 e. The fourth-order valence-electron chi connectivity index (χ4n) is 3.45. The third kappa shape index (κ3) is 3.33. The average Bonchev–Trinajstić information content (AvgIpc) is 3.28. The number of aromatic nitrogens is 4. The zero-order valence-electron chi connectivity index (χ0n) is 15.0. The van der Waals surface area contributed by atoms with Crippen LogP contribution in [0.15, 0.2) is 36.8 Å². The number of halogens is 1. The molecule has 3 aromatic rings. The molecule has 2 aliphatic rings. The van der Waals surface area contributed by atoms with Crippen molar-refractivity contribution in [2.45, 2.75) is 31.3 Å². The van der Waals surface area contributed by atoms with Crippen LogP contribution in [-0.4, -0.2) is 38.7 Å². The highest BCUT2D eigenvalue weighted by atomic mass is 35.5. The number of hydrogen-bond acceptors (Lipinski definition) is 5. The molecule has 0 bridgehead atoms. The van der Waals surface area contributed by atoms with Crippen LogP contribution in [-0.2, 0) is 6.42 Å². The van der Waals surface area contributed by atoms with Crippen molar-refractivity contribution in [3.05, 3.63) is 58.8 Å². The van der Waals surface area contributed by atoms with Gasteiger partial charge in [0.15, 0.2) is 0 Å². The maximum Gasteiger partial charge on any atom is 0.271 e. The van der Waals surface area contributed by atoms with E-state index in [1.807, 2.05) is 18.2 Å². The van der Waals surface area contributed by atoms with E-state index in [1.165, 1.54) is 0 Å². The topological polar surface area (TPSA) is 92.8 Å².